The van der Waals surface area contributed by atoms with Crippen LogP contribution in [0.1, 0.15) is 25.7 Å². The van der Waals surface area contributed by atoms with E-state index in [-0.39, 0.29) is 0 Å². The zero-order valence-electron chi connectivity index (χ0n) is 9.26. The van der Waals surface area contributed by atoms with Crippen molar-refractivity contribution in [3.8, 4) is 0 Å². The predicted molar refractivity (Wildman–Crippen MR) is 70.4 cm³/mol. The van der Waals surface area contributed by atoms with Crippen LogP contribution >= 0.6 is 23.9 Å². The first kappa shape index (κ1) is 12.3. The van der Waals surface area contributed by atoms with Gasteiger partial charge in [0.25, 0.3) is 0 Å². The SMILES string of the molecule is OCCCCCCN1Sc2ccccc2S1. The first-order valence-electron chi connectivity index (χ1n) is 5.73. The lowest BCUT2D eigenvalue weighted by atomic mass is 10.2. The van der Waals surface area contributed by atoms with E-state index < -0.39 is 0 Å². The molecule has 0 saturated heterocycles. The summed E-state index contributed by atoms with van der Waals surface area (Å²) in [6.45, 7) is 1.45. The molecule has 0 radical (unpaired) electrons. The summed E-state index contributed by atoms with van der Waals surface area (Å²) >= 11 is 3.69. The van der Waals surface area contributed by atoms with Crippen LogP contribution in [0, 0.1) is 0 Å². The molecule has 4 heteroatoms. The number of nitrogens with zero attached hydrogens (tertiary/aromatic N) is 1. The van der Waals surface area contributed by atoms with Crippen molar-refractivity contribution in [2.75, 3.05) is 13.2 Å². The standard InChI is InChI=1S/C12H17NOS2/c14-10-6-2-1-5-9-13-15-11-7-3-4-8-12(11)16-13/h3-4,7-8,14H,1-2,5-6,9-10H2. The molecule has 0 fully saturated rings. The summed E-state index contributed by atoms with van der Waals surface area (Å²) in [7, 11) is 0. The Bertz CT molecular complexity index is 308. The van der Waals surface area contributed by atoms with Gasteiger partial charge < -0.3 is 5.11 Å². The molecule has 0 saturated carbocycles. The van der Waals surface area contributed by atoms with E-state index in [2.05, 4.69) is 28.0 Å². The van der Waals surface area contributed by atoms with Gasteiger partial charge in [-0.15, -0.1) is 0 Å². The van der Waals surface area contributed by atoms with Crippen LogP contribution in [-0.2, 0) is 0 Å². The Morgan fingerprint density at radius 2 is 1.56 bits per heavy atom. The highest BCUT2D eigenvalue weighted by Crippen LogP contribution is 2.45. The third-order valence-electron chi connectivity index (χ3n) is 2.50. The smallest absolute Gasteiger partial charge is 0.0431 e. The summed E-state index contributed by atoms with van der Waals surface area (Å²) in [4.78, 5) is 2.76. The van der Waals surface area contributed by atoms with Crippen LogP contribution in [0.2, 0.25) is 0 Å². The predicted octanol–water partition coefficient (Wildman–Crippen LogP) is 3.57. The van der Waals surface area contributed by atoms with Gasteiger partial charge in [-0.25, -0.2) is 0 Å². The highest BCUT2D eigenvalue weighted by Gasteiger charge is 2.19. The van der Waals surface area contributed by atoms with Crippen molar-refractivity contribution in [1.82, 2.24) is 3.71 Å². The van der Waals surface area contributed by atoms with Gasteiger partial charge in [-0.3, -0.25) is 0 Å². The van der Waals surface area contributed by atoms with E-state index in [1.54, 1.807) is 0 Å². The maximum absolute atomic E-state index is 8.68. The number of hydrogen-bond donors (Lipinski definition) is 1. The fourth-order valence-corrected chi connectivity index (χ4v) is 3.97. The van der Waals surface area contributed by atoms with Crippen LogP contribution < -0.4 is 0 Å². The molecular formula is C12H17NOS2. The zero-order chi connectivity index (χ0) is 11.2. The Labute approximate surface area is 106 Å². The second-order valence-corrected chi connectivity index (χ2v) is 6.18. The molecule has 1 N–H and O–H groups in total. The third kappa shape index (κ3) is 3.42. The van der Waals surface area contributed by atoms with Crippen molar-refractivity contribution in [1.29, 1.82) is 0 Å². The highest BCUT2D eigenvalue weighted by atomic mass is 32.2. The maximum Gasteiger partial charge on any atom is 0.0431 e. The summed E-state index contributed by atoms with van der Waals surface area (Å²) in [5.74, 6) is 0. The lowest BCUT2D eigenvalue weighted by molar-refractivity contribution is 0.282. The minimum atomic E-state index is 0.332. The molecule has 0 spiro atoms. The molecule has 0 aromatic heterocycles. The highest BCUT2D eigenvalue weighted by molar-refractivity contribution is 8.14. The van der Waals surface area contributed by atoms with E-state index in [0.29, 0.717) is 6.61 Å². The molecule has 1 aliphatic heterocycles. The molecule has 0 amide bonds. The Balaban J connectivity index is 1.67. The van der Waals surface area contributed by atoms with Gasteiger partial charge in [-0.05, 0) is 48.9 Å². The van der Waals surface area contributed by atoms with Crippen LogP contribution in [0.5, 0.6) is 0 Å². The zero-order valence-corrected chi connectivity index (χ0v) is 10.9. The van der Waals surface area contributed by atoms with Crippen LogP contribution in [0.25, 0.3) is 0 Å². The first-order chi connectivity index (χ1) is 7.90. The molecule has 2 rings (SSSR count). The molecule has 0 atom stereocenters. The number of hydrogen-bond acceptors (Lipinski definition) is 4. The summed E-state index contributed by atoms with van der Waals surface area (Å²) in [6.07, 6.45) is 4.52. The van der Waals surface area contributed by atoms with E-state index in [1.165, 1.54) is 22.6 Å². The van der Waals surface area contributed by atoms with Crippen LogP contribution in [-0.4, -0.2) is 22.0 Å². The minimum absolute atomic E-state index is 0.332. The van der Waals surface area contributed by atoms with E-state index >= 15 is 0 Å². The molecular weight excluding hydrogens is 238 g/mol. The Kier molecular flexibility index (Phi) is 5.03. The lowest BCUT2D eigenvalue weighted by Gasteiger charge is -2.10. The molecule has 88 valence electrons. The molecule has 0 unspecified atom stereocenters. The molecule has 1 aromatic rings. The van der Waals surface area contributed by atoms with Gasteiger partial charge in [-0.1, -0.05) is 25.0 Å². The van der Waals surface area contributed by atoms with Gasteiger partial charge in [0.05, 0.1) is 0 Å². The summed E-state index contributed by atoms with van der Waals surface area (Å²) < 4.78 is 2.35. The number of unbranched alkanes of at least 4 members (excludes halogenated alkanes) is 3. The van der Waals surface area contributed by atoms with Crippen molar-refractivity contribution in [2.24, 2.45) is 0 Å². The lowest BCUT2D eigenvalue weighted by Crippen LogP contribution is -2.04. The van der Waals surface area contributed by atoms with Gasteiger partial charge in [0.2, 0.25) is 0 Å². The van der Waals surface area contributed by atoms with Crippen molar-refractivity contribution in [3.05, 3.63) is 24.3 Å². The maximum atomic E-state index is 8.68. The minimum Gasteiger partial charge on any atom is -0.396 e. The van der Waals surface area contributed by atoms with E-state index in [9.17, 15) is 0 Å². The topological polar surface area (TPSA) is 23.5 Å². The van der Waals surface area contributed by atoms with Crippen LogP contribution in [0.3, 0.4) is 0 Å². The molecule has 16 heavy (non-hydrogen) atoms. The number of rotatable bonds is 6. The number of aliphatic hydroxyl groups is 1. The summed E-state index contributed by atoms with van der Waals surface area (Å²) in [5, 5.41) is 8.68. The second kappa shape index (κ2) is 6.55. The van der Waals surface area contributed by atoms with Crippen molar-refractivity contribution < 1.29 is 5.11 Å². The van der Waals surface area contributed by atoms with Crippen molar-refractivity contribution >= 4 is 23.9 Å². The van der Waals surface area contributed by atoms with Crippen LogP contribution in [0.4, 0.5) is 0 Å². The van der Waals surface area contributed by atoms with Gasteiger partial charge >= 0.3 is 0 Å². The van der Waals surface area contributed by atoms with E-state index in [1.807, 2.05) is 23.9 Å². The van der Waals surface area contributed by atoms with Gasteiger partial charge in [0.15, 0.2) is 0 Å². The molecule has 1 heterocycles. The fraction of sp³-hybridized carbons (Fsp3) is 0.500. The normalized spacial score (nSPS) is 15.3. The van der Waals surface area contributed by atoms with Gasteiger partial charge in [0, 0.05) is 22.9 Å². The summed E-state index contributed by atoms with van der Waals surface area (Å²) in [6, 6.07) is 8.55. The monoisotopic (exact) mass is 255 g/mol. The quantitative estimate of drug-likeness (QED) is 0.620. The molecule has 1 aromatic carbocycles. The largest absolute Gasteiger partial charge is 0.396 e. The molecule has 2 nitrogen and oxygen atoms in total. The molecule has 1 aliphatic rings. The average Bonchev–Trinajstić information content (AvgIpc) is 2.71. The Morgan fingerprint density at radius 3 is 2.19 bits per heavy atom. The molecule has 0 bridgehead atoms. The van der Waals surface area contributed by atoms with Crippen molar-refractivity contribution in [3.63, 3.8) is 0 Å². The van der Waals surface area contributed by atoms with E-state index in [0.717, 1.165) is 19.4 Å². The number of aliphatic hydroxyl groups excluding tert-OH is 1. The first-order valence-corrected chi connectivity index (χ1v) is 7.28. The second-order valence-electron chi connectivity index (χ2n) is 3.82. The van der Waals surface area contributed by atoms with Gasteiger partial charge in [0.1, 0.15) is 0 Å². The fourth-order valence-electron chi connectivity index (χ4n) is 1.64. The Morgan fingerprint density at radius 1 is 0.938 bits per heavy atom. The Hall–Kier alpha value is -0.160. The summed E-state index contributed by atoms with van der Waals surface area (Å²) in [5.41, 5.74) is 0. The van der Waals surface area contributed by atoms with E-state index in [4.69, 9.17) is 5.11 Å². The average molecular weight is 255 g/mol. The van der Waals surface area contributed by atoms with Gasteiger partial charge in [-0.2, -0.15) is 3.71 Å². The molecule has 0 aliphatic carbocycles. The third-order valence-corrected chi connectivity index (χ3v) is 4.95. The van der Waals surface area contributed by atoms with Crippen LogP contribution in [0.15, 0.2) is 34.1 Å². The number of fused-ring (bicyclic) bond motifs is 1. The van der Waals surface area contributed by atoms with Crippen molar-refractivity contribution in [2.45, 2.75) is 35.5 Å². The number of benzene rings is 1.